The molecule has 0 bridgehead atoms. The lowest BCUT2D eigenvalue weighted by Crippen LogP contribution is -2.39. The zero-order valence-electron chi connectivity index (χ0n) is 14.8. The zero-order chi connectivity index (χ0) is 16.1. The number of ether oxygens (including phenoxy) is 2. The van der Waals surface area contributed by atoms with Gasteiger partial charge in [0, 0.05) is 26.4 Å². The molecule has 0 aromatic carbocycles. The second-order valence-electron chi connectivity index (χ2n) is 6.73. The number of esters is 1. The molecule has 0 aromatic heterocycles. The summed E-state index contributed by atoms with van der Waals surface area (Å²) >= 11 is 0. The van der Waals surface area contributed by atoms with E-state index in [0.29, 0.717) is 6.42 Å². The number of unbranched alkanes of at least 4 members (excludes halogenated alkanes) is 8. The first-order valence-corrected chi connectivity index (χ1v) is 9.49. The highest BCUT2D eigenvalue weighted by Gasteiger charge is 2.35. The van der Waals surface area contributed by atoms with Gasteiger partial charge in [-0.15, -0.1) is 0 Å². The first kappa shape index (κ1) is 19.5. The summed E-state index contributed by atoms with van der Waals surface area (Å²) in [6.45, 7) is 2.25. The van der Waals surface area contributed by atoms with Crippen molar-refractivity contribution in [2.45, 2.75) is 109 Å². The Labute approximate surface area is 137 Å². The van der Waals surface area contributed by atoms with Crippen molar-refractivity contribution in [3.63, 3.8) is 0 Å². The molecule has 0 heterocycles. The normalized spacial score (nSPS) is 17.4. The molecule has 1 aliphatic rings. The SMILES string of the molecule is CCCCCCCCCCCC(=O)OC1(OC)CCCCC1. The van der Waals surface area contributed by atoms with Gasteiger partial charge in [-0.2, -0.15) is 0 Å². The molecular weight excluding hydrogens is 276 g/mol. The van der Waals surface area contributed by atoms with Gasteiger partial charge in [0.1, 0.15) is 0 Å². The predicted octanol–water partition coefficient (Wildman–Crippen LogP) is 5.76. The van der Waals surface area contributed by atoms with Crippen LogP contribution in [0.25, 0.3) is 0 Å². The van der Waals surface area contributed by atoms with E-state index < -0.39 is 5.79 Å². The monoisotopic (exact) mass is 312 g/mol. The molecular formula is C19H36O3. The van der Waals surface area contributed by atoms with E-state index in [4.69, 9.17) is 9.47 Å². The Kier molecular flexibility index (Phi) is 10.6. The molecule has 130 valence electrons. The Balaban J connectivity index is 2.01. The molecule has 1 rings (SSSR count). The molecule has 0 aliphatic heterocycles. The molecule has 3 nitrogen and oxygen atoms in total. The molecule has 1 saturated carbocycles. The number of hydrogen-bond donors (Lipinski definition) is 0. The molecule has 0 saturated heterocycles. The Hall–Kier alpha value is -0.570. The summed E-state index contributed by atoms with van der Waals surface area (Å²) in [5.74, 6) is -0.694. The lowest BCUT2D eigenvalue weighted by Gasteiger charge is -2.35. The van der Waals surface area contributed by atoms with E-state index in [-0.39, 0.29) is 5.97 Å². The number of rotatable bonds is 12. The molecule has 0 radical (unpaired) electrons. The third kappa shape index (κ3) is 8.17. The maximum Gasteiger partial charge on any atom is 0.308 e. The quantitative estimate of drug-likeness (QED) is 0.261. The average molecular weight is 312 g/mol. The zero-order valence-corrected chi connectivity index (χ0v) is 14.8. The van der Waals surface area contributed by atoms with Crippen molar-refractivity contribution < 1.29 is 14.3 Å². The van der Waals surface area contributed by atoms with Crippen LogP contribution in [0.4, 0.5) is 0 Å². The van der Waals surface area contributed by atoms with Gasteiger partial charge >= 0.3 is 5.97 Å². The van der Waals surface area contributed by atoms with Gasteiger partial charge in [0.05, 0.1) is 0 Å². The van der Waals surface area contributed by atoms with Gasteiger partial charge in [-0.05, 0) is 19.3 Å². The lowest BCUT2D eigenvalue weighted by molar-refractivity contribution is -0.233. The van der Waals surface area contributed by atoms with E-state index >= 15 is 0 Å². The first-order chi connectivity index (χ1) is 10.7. The van der Waals surface area contributed by atoms with Crippen LogP contribution in [-0.2, 0) is 14.3 Å². The molecule has 0 aromatic rings. The topological polar surface area (TPSA) is 35.5 Å². The number of carbonyl (C=O) groups is 1. The Morgan fingerprint density at radius 2 is 1.41 bits per heavy atom. The maximum atomic E-state index is 12.0. The molecule has 0 N–H and O–H groups in total. The van der Waals surface area contributed by atoms with Gasteiger partial charge in [-0.3, -0.25) is 4.79 Å². The molecule has 3 heteroatoms. The van der Waals surface area contributed by atoms with Crippen molar-refractivity contribution in [3.05, 3.63) is 0 Å². The molecule has 0 spiro atoms. The summed E-state index contributed by atoms with van der Waals surface area (Å²) < 4.78 is 11.1. The van der Waals surface area contributed by atoms with Gasteiger partial charge in [-0.25, -0.2) is 0 Å². The molecule has 22 heavy (non-hydrogen) atoms. The van der Waals surface area contributed by atoms with Crippen LogP contribution in [0.5, 0.6) is 0 Å². The van der Waals surface area contributed by atoms with Crippen LogP contribution in [0, 0.1) is 0 Å². The van der Waals surface area contributed by atoms with Crippen LogP contribution >= 0.6 is 0 Å². The molecule has 1 aliphatic carbocycles. The second-order valence-corrected chi connectivity index (χ2v) is 6.73. The molecule has 0 amide bonds. The van der Waals surface area contributed by atoms with Crippen LogP contribution in [0.2, 0.25) is 0 Å². The van der Waals surface area contributed by atoms with E-state index in [9.17, 15) is 4.79 Å². The van der Waals surface area contributed by atoms with Crippen molar-refractivity contribution >= 4 is 5.97 Å². The predicted molar refractivity (Wildman–Crippen MR) is 90.8 cm³/mol. The smallest absolute Gasteiger partial charge is 0.308 e. The third-order valence-corrected chi connectivity index (χ3v) is 4.77. The number of methoxy groups -OCH3 is 1. The van der Waals surface area contributed by atoms with Crippen LogP contribution in [0.15, 0.2) is 0 Å². The van der Waals surface area contributed by atoms with E-state index in [0.717, 1.165) is 38.5 Å². The summed E-state index contributed by atoms with van der Waals surface area (Å²) in [5.41, 5.74) is 0. The van der Waals surface area contributed by atoms with Crippen molar-refractivity contribution in [1.82, 2.24) is 0 Å². The minimum absolute atomic E-state index is 0.0771. The highest BCUT2D eigenvalue weighted by atomic mass is 16.7. The molecule has 1 fully saturated rings. The van der Waals surface area contributed by atoms with E-state index in [2.05, 4.69) is 6.92 Å². The maximum absolute atomic E-state index is 12.0. The summed E-state index contributed by atoms with van der Waals surface area (Å²) in [5, 5.41) is 0. The number of hydrogen-bond acceptors (Lipinski definition) is 3. The fourth-order valence-corrected chi connectivity index (χ4v) is 3.28. The Morgan fingerprint density at radius 3 is 1.95 bits per heavy atom. The molecule has 0 unspecified atom stereocenters. The van der Waals surface area contributed by atoms with Crippen molar-refractivity contribution in [2.75, 3.05) is 7.11 Å². The largest absolute Gasteiger partial charge is 0.433 e. The van der Waals surface area contributed by atoms with Crippen LogP contribution < -0.4 is 0 Å². The fraction of sp³-hybridized carbons (Fsp3) is 0.947. The highest BCUT2D eigenvalue weighted by Crippen LogP contribution is 2.32. The Bertz CT molecular complexity index is 282. The van der Waals surface area contributed by atoms with E-state index in [1.807, 2.05) is 0 Å². The summed E-state index contributed by atoms with van der Waals surface area (Å²) in [6, 6.07) is 0. The third-order valence-electron chi connectivity index (χ3n) is 4.77. The van der Waals surface area contributed by atoms with Gasteiger partial charge in [-0.1, -0.05) is 64.7 Å². The van der Waals surface area contributed by atoms with E-state index in [1.54, 1.807) is 7.11 Å². The highest BCUT2D eigenvalue weighted by molar-refractivity contribution is 5.69. The van der Waals surface area contributed by atoms with Gasteiger partial charge in [0.2, 0.25) is 5.79 Å². The van der Waals surface area contributed by atoms with Crippen molar-refractivity contribution in [1.29, 1.82) is 0 Å². The summed E-state index contributed by atoms with van der Waals surface area (Å²) in [4.78, 5) is 12.0. The minimum Gasteiger partial charge on any atom is -0.433 e. The van der Waals surface area contributed by atoms with Gasteiger partial charge in [0.15, 0.2) is 0 Å². The average Bonchev–Trinajstić information content (AvgIpc) is 2.54. The van der Waals surface area contributed by atoms with Crippen LogP contribution in [0.1, 0.15) is 103 Å². The lowest BCUT2D eigenvalue weighted by atomic mass is 9.94. The van der Waals surface area contributed by atoms with Crippen molar-refractivity contribution in [3.8, 4) is 0 Å². The fourth-order valence-electron chi connectivity index (χ4n) is 3.28. The second kappa shape index (κ2) is 11.9. The van der Waals surface area contributed by atoms with Crippen molar-refractivity contribution in [2.24, 2.45) is 0 Å². The Morgan fingerprint density at radius 1 is 0.864 bits per heavy atom. The van der Waals surface area contributed by atoms with Gasteiger partial charge in [0.25, 0.3) is 0 Å². The van der Waals surface area contributed by atoms with Crippen LogP contribution in [0.3, 0.4) is 0 Å². The van der Waals surface area contributed by atoms with Crippen LogP contribution in [-0.4, -0.2) is 18.9 Å². The summed E-state index contributed by atoms with van der Waals surface area (Å²) in [6.07, 6.45) is 17.1. The van der Waals surface area contributed by atoms with Gasteiger partial charge < -0.3 is 9.47 Å². The van der Waals surface area contributed by atoms with E-state index in [1.165, 1.54) is 51.4 Å². The number of carbonyl (C=O) groups excluding carboxylic acids is 1. The standard InChI is InChI=1S/C19H36O3/c1-3-4-5-6-7-8-9-10-12-15-18(20)22-19(21-2)16-13-11-14-17-19/h3-17H2,1-2H3. The first-order valence-electron chi connectivity index (χ1n) is 9.49. The molecule has 0 atom stereocenters. The minimum atomic E-state index is -0.616. The summed E-state index contributed by atoms with van der Waals surface area (Å²) in [7, 11) is 1.66.